The number of carbonyl (C=O) groups excluding carboxylic acids is 3. The van der Waals surface area contributed by atoms with Gasteiger partial charge in [0.05, 0.1) is 32.3 Å². The molecule has 0 aliphatic carbocycles. The van der Waals surface area contributed by atoms with Gasteiger partial charge in [0, 0.05) is 18.7 Å². The number of nitrogens with zero attached hydrogens (tertiary/aromatic N) is 2. The van der Waals surface area contributed by atoms with Crippen LogP contribution in [-0.4, -0.2) is 66.7 Å². The predicted octanol–water partition coefficient (Wildman–Crippen LogP) is 2.26. The molecule has 0 radical (unpaired) electrons. The molecule has 1 atom stereocenters. The Bertz CT molecular complexity index is 925. The molecule has 0 aliphatic heterocycles. The van der Waals surface area contributed by atoms with Gasteiger partial charge in [-0.2, -0.15) is 0 Å². The van der Waals surface area contributed by atoms with Crippen LogP contribution in [0.4, 0.5) is 5.82 Å². The fourth-order valence-electron chi connectivity index (χ4n) is 2.65. The van der Waals surface area contributed by atoms with Crippen molar-refractivity contribution in [2.24, 2.45) is 0 Å². The van der Waals surface area contributed by atoms with Crippen molar-refractivity contribution >= 4 is 35.4 Å². The van der Waals surface area contributed by atoms with Gasteiger partial charge in [0.1, 0.15) is 23.8 Å². The molecule has 32 heavy (non-hydrogen) atoms. The molecule has 0 fully saturated rings. The normalized spacial score (nSPS) is 11.4. The number of aromatic nitrogens is 1. The molecule has 1 N–H and O–H groups in total. The smallest absolute Gasteiger partial charge is 0.325 e. The van der Waals surface area contributed by atoms with Gasteiger partial charge in [-0.1, -0.05) is 5.16 Å². The standard InChI is InChI=1S/C21H27N3O7S/c1-13-6-18(23-31-13)22-21(27)14(2)32-12-19(25)24(11-20(26)30-5)10-15-7-16(28-3)9-17(8-15)29-4/h6-9,14H,10-12H2,1-5H3,(H,22,23,27). The van der Waals surface area contributed by atoms with E-state index in [-0.39, 0.29) is 30.7 Å². The molecule has 2 amide bonds. The summed E-state index contributed by atoms with van der Waals surface area (Å²) in [5.41, 5.74) is 0.718. The Labute approximate surface area is 190 Å². The Morgan fingerprint density at radius 2 is 1.78 bits per heavy atom. The van der Waals surface area contributed by atoms with Gasteiger partial charge in [-0.15, -0.1) is 11.8 Å². The molecule has 10 nitrogen and oxygen atoms in total. The maximum atomic E-state index is 12.9. The number of ether oxygens (including phenoxy) is 3. The van der Waals surface area contributed by atoms with Crippen molar-refractivity contribution in [1.82, 2.24) is 10.1 Å². The van der Waals surface area contributed by atoms with Gasteiger partial charge >= 0.3 is 5.97 Å². The zero-order valence-corrected chi connectivity index (χ0v) is 19.5. The highest BCUT2D eigenvalue weighted by molar-refractivity contribution is 8.01. The number of hydrogen-bond acceptors (Lipinski definition) is 9. The highest BCUT2D eigenvalue weighted by Gasteiger charge is 2.22. The van der Waals surface area contributed by atoms with E-state index in [1.165, 1.54) is 26.2 Å². The summed E-state index contributed by atoms with van der Waals surface area (Å²) in [4.78, 5) is 38.4. The zero-order chi connectivity index (χ0) is 23.7. The van der Waals surface area contributed by atoms with Crippen LogP contribution in [0.3, 0.4) is 0 Å². The number of amides is 2. The fourth-order valence-corrected chi connectivity index (χ4v) is 3.43. The van der Waals surface area contributed by atoms with Gasteiger partial charge in [0.25, 0.3) is 0 Å². The molecule has 0 saturated carbocycles. The summed E-state index contributed by atoms with van der Waals surface area (Å²) in [5.74, 6) is 0.816. The van der Waals surface area contributed by atoms with Crippen molar-refractivity contribution in [3.8, 4) is 11.5 Å². The van der Waals surface area contributed by atoms with Crippen LogP contribution in [0.25, 0.3) is 0 Å². The van der Waals surface area contributed by atoms with Crippen LogP contribution in [-0.2, 0) is 25.7 Å². The molecule has 1 heterocycles. The summed E-state index contributed by atoms with van der Waals surface area (Å²) < 4.78 is 20.2. The quantitative estimate of drug-likeness (QED) is 0.498. The van der Waals surface area contributed by atoms with Crippen LogP contribution >= 0.6 is 11.8 Å². The van der Waals surface area contributed by atoms with Crippen molar-refractivity contribution in [2.45, 2.75) is 25.6 Å². The van der Waals surface area contributed by atoms with Crippen LogP contribution in [0.15, 0.2) is 28.8 Å². The molecule has 2 rings (SSSR count). The third-order valence-corrected chi connectivity index (χ3v) is 5.52. The number of rotatable bonds is 11. The number of thioether (sulfide) groups is 1. The van der Waals surface area contributed by atoms with E-state index < -0.39 is 11.2 Å². The second-order valence-corrected chi connectivity index (χ2v) is 8.14. The fraction of sp³-hybridized carbons (Fsp3) is 0.429. The number of methoxy groups -OCH3 is 3. The maximum absolute atomic E-state index is 12.9. The first-order valence-electron chi connectivity index (χ1n) is 9.68. The Hall–Kier alpha value is -3.21. The average molecular weight is 466 g/mol. The van der Waals surface area contributed by atoms with Crippen LogP contribution in [0.5, 0.6) is 11.5 Å². The van der Waals surface area contributed by atoms with E-state index in [1.54, 1.807) is 38.1 Å². The van der Waals surface area contributed by atoms with Crippen molar-refractivity contribution in [3.05, 3.63) is 35.6 Å². The van der Waals surface area contributed by atoms with Crippen molar-refractivity contribution in [2.75, 3.05) is 38.9 Å². The van der Waals surface area contributed by atoms with E-state index in [1.807, 2.05) is 0 Å². The first-order valence-corrected chi connectivity index (χ1v) is 10.7. The Balaban J connectivity index is 2.03. The lowest BCUT2D eigenvalue weighted by atomic mass is 10.2. The number of esters is 1. The molecule has 2 aromatic rings. The second kappa shape index (κ2) is 12.0. The predicted molar refractivity (Wildman–Crippen MR) is 119 cm³/mol. The number of nitrogens with one attached hydrogen (secondary N) is 1. The Morgan fingerprint density at radius 3 is 2.31 bits per heavy atom. The first-order chi connectivity index (χ1) is 15.2. The Kier molecular flexibility index (Phi) is 9.39. The lowest BCUT2D eigenvalue weighted by Crippen LogP contribution is -2.37. The minimum Gasteiger partial charge on any atom is -0.497 e. The highest BCUT2D eigenvalue weighted by Crippen LogP contribution is 2.24. The van der Waals surface area contributed by atoms with Crippen molar-refractivity contribution in [1.29, 1.82) is 0 Å². The summed E-state index contributed by atoms with van der Waals surface area (Å²) in [6, 6.07) is 6.82. The zero-order valence-electron chi connectivity index (χ0n) is 18.7. The van der Waals surface area contributed by atoms with Gasteiger partial charge in [-0.05, 0) is 31.5 Å². The van der Waals surface area contributed by atoms with Gasteiger partial charge < -0.3 is 29.0 Å². The number of carbonyl (C=O) groups is 3. The number of aryl methyl sites for hydroxylation is 1. The number of anilines is 1. The van der Waals surface area contributed by atoms with E-state index in [0.29, 0.717) is 23.1 Å². The topological polar surface area (TPSA) is 120 Å². The van der Waals surface area contributed by atoms with E-state index in [4.69, 9.17) is 18.7 Å². The van der Waals surface area contributed by atoms with Gasteiger partial charge in [0.2, 0.25) is 11.8 Å². The molecule has 11 heteroatoms. The number of hydrogen-bond donors (Lipinski definition) is 1. The molecule has 1 unspecified atom stereocenters. The third kappa shape index (κ3) is 7.49. The highest BCUT2D eigenvalue weighted by atomic mass is 32.2. The summed E-state index contributed by atoms with van der Waals surface area (Å²) in [6.45, 7) is 3.31. The molecule has 0 aliphatic rings. The van der Waals surface area contributed by atoms with E-state index in [0.717, 1.165) is 17.3 Å². The first kappa shape index (κ1) is 25.1. The van der Waals surface area contributed by atoms with E-state index in [9.17, 15) is 14.4 Å². The molecule has 1 aromatic carbocycles. The summed E-state index contributed by atoms with van der Waals surface area (Å²) in [5, 5.41) is 5.81. The molecule has 174 valence electrons. The monoisotopic (exact) mass is 465 g/mol. The molecular weight excluding hydrogens is 438 g/mol. The van der Waals surface area contributed by atoms with Gasteiger partial charge in [-0.25, -0.2) is 0 Å². The summed E-state index contributed by atoms with van der Waals surface area (Å²) in [7, 11) is 4.31. The van der Waals surface area contributed by atoms with E-state index in [2.05, 4.69) is 10.5 Å². The summed E-state index contributed by atoms with van der Waals surface area (Å²) >= 11 is 1.14. The molecule has 0 bridgehead atoms. The van der Waals surface area contributed by atoms with Gasteiger partial charge in [0.15, 0.2) is 5.82 Å². The van der Waals surface area contributed by atoms with Crippen LogP contribution in [0.1, 0.15) is 18.2 Å². The van der Waals surface area contributed by atoms with Gasteiger partial charge in [-0.3, -0.25) is 14.4 Å². The number of benzene rings is 1. The molecule has 1 aromatic heterocycles. The largest absolute Gasteiger partial charge is 0.497 e. The van der Waals surface area contributed by atoms with Crippen molar-refractivity contribution in [3.63, 3.8) is 0 Å². The molecule has 0 saturated heterocycles. The van der Waals surface area contributed by atoms with E-state index >= 15 is 0 Å². The SMILES string of the molecule is COC(=O)CN(Cc1cc(OC)cc(OC)c1)C(=O)CSC(C)C(=O)Nc1cc(C)on1. The maximum Gasteiger partial charge on any atom is 0.325 e. The minimum absolute atomic E-state index is 0.00940. The lowest BCUT2D eigenvalue weighted by Gasteiger charge is -2.22. The Morgan fingerprint density at radius 1 is 1.12 bits per heavy atom. The van der Waals surface area contributed by atoms with Crippen LogP contribution in [0.2, 0.25) is 0 Å². The lowest BCUT2D eigenvalue weighted by molar-refractivity contribution is -0.146. The molecular formula is C21H27N3O7S. The van der Waals surface area contributed by atoms with Crippen LogP contribution in [0, 0.1) is 6.92 Å². The molecule has 0 spiro atoms. The van der Waals surface area contributed by atoms with Crippen LogP contribution < -0.4 is 14.8 Å². The summed E-state index contributed by atoms with van der Waals surface area (Å²) in [6.07, 6.45) is 0. The average Bonchev–Trinajstić information content (AvgIpc) is 3.20. The second-order valence-electron chi connectivity index (χ2n) is 6.81. The third-order valence-electron chi connectivity index (χ3n) is 4.39. The minimum atomic E-state index is -0.551. The van der Waals surface area contributed by atoms with Crippen molar-refractivity contribution < 1.29 is 33.1 Å².